The Morgan fingerprint density at radius 3 is 2.71 bits per heavy atom. The van der Waals surface area contributed by atoms with Gasteiger partial charge in [0.2, 0.25) is 0 Å². The van der Waals surface area contributed by atoms with Gasteiger partial charge in [0.1, 0.15) is 0 Å². The SMILES string of the molecule is CC(NC(=O)N1CCCC(C(=O)O)C1)c1cccc(C(F)(F)F)c1. The number of carboxylic acid groups (broad SMARTS) is 1. The maximum Gasteiger partial charge on any atom is 0.416 e. The Balaban J connectivity index is 2.02. The van der Waals surface area contributed by atoms with Crippen molar-refractivity contribution in [2.45, 2.75) is 32.0 Å². The summed E-state index contributed by atoms with van der Waals surface area (Å²) < 4.78 is 38.3. The van der Waals surface area contributed by atoms with E-state index in [-0.39, 0.29) is 6.54 Å². The van der Waals surface area contributed by atoms with E-state index in [9.17, 15) is 22.8 Å². The molecule has 1 saturated heterocycles. The van der Waals surface area contributed by atoms with Gasteiger partial charge in [-0.3, -0.25) is 4.79 Å². The molecular weight excluding hydrogens is 325 g/mol. The lowest BCUT2D eigenvalue weighted by Gasteiger charge is -2.31. The van der Waals surface area contributed by atoms with Gasteiger partial charge in [-0.2, -0.15) is 13.2 Å². The average molecular weight is 344 g/mol. The Kier molecular flexibility index (Phi) is 5.36. The number of hydrogen-bond donors (Lipinski definition) is 2. The van der Waals surface area contributed by atoms with Crippen molar-refractivity contribution in [1.29, 1.82) is 0 Å². The third-order valence-electron chi connectivity index (χ3n) is 4.11. The lowest BCUT2D eigenvalue weighted by molar-refractivity contribution is -0.143. The average Bonchev–Trinajstić information content (AvgIpc) is 2.54. The second-order valence-electron chi connectivity index (χ2n) is 5.92. The van der Waals surface area contributed by atoms with Crippen molar-refractivity contribution >= 4 is 12.0 Å². The first-order chi connectivity index (χ1) is 11.2. The number of alkyl halides is 3. The summed E-state index contributed by atoms with van der Waals surface area (Å²) >= 11 is 0. The number of nitrogens with one attached hydrogen (secondary N) is 1. The molecule has 132 valence electrons. The molecule has 0 aliphatic carbocycles. The van der Waals surface area contributed by atoms with E-state index >= 15 is 0 Å². The highest BCUT2D eigenvalue weighted by Crippen LogP contribution is 2.30. The number of nitrogens with zero attached hydrogens (tertiary/aromatic N) is 1. The van der Waals surface area contributed by atoms with Crippen molar-refractivity contribution in [3.63, 3.8) is 0 Å². The van der Waals surface area contributed by atoms with Gasteiger partial charge in [-0.1, -0.05) is 12.1 Å². The minimum Gasteiger partial charge on any atom is -0.481 e. The molecule has 24 heavy (non-hydrogen) atoms. The summed E-state index contributed by atoms with van der Waals surface area (Å²) in [4.78, 5) is 24.7. The van der Waals surface area contributed by atoms with Crippen molar-refractivity contribution in [3.05, 3.63) is 35.4 Å². The molecule has 2 unspecified atom stereocenters. The number of piperidine rings is 1. The number of urea groups is 1. The number of rotatable bonds is 3. The van der Waals surface area contributed by atoms with Gasteiger partial charge in [0.25, 0.3) is 0 Å². The minimum absolute atomic E-state index is 0.108. The summed E-state index contributed by atoms with van der Waals surface area (Å²) in [5, 5.41) is 11.7. The van der Waals surface area contributed by atoms with E-state index in [0.29, 0.717) is 24.9 Å². The van der Waals surface area contributed by atoms with Gasteiger partial charge in [-0.15, -0.1) is 0 Å². The van der Waals surface area contributed by atoms with Crippen LogP contribution in [0.3, 0.4) is 0 Å². The highest BCUT2D eigenvalue weighted by atomic mass is 19.4. The number of hydrogen-bond acceptors (Lipinski definition) is 2. The molecular formula is C16H19F3N2O3. The van der Waals surface area contributed by atoms with Crippen molar-refractivity contribution in [3.8, 4) is 0 Å². The Bertz CT molecular complexity index is 619. The third kappa shape index (κ3) is 4.39. The van der Waals surface area contributed by atoms with Crippen LogP contribution < -0.4 is 5.32 Å². The maximum absolute atomic E-state index is 12.8. The lowest BCUT2D eigenvalue weighted by atomic mass is 9.98. The van der Waals surface area contributed by atoms with Crippen LogP contribution in [0.1, 0.15) is 36.9 Å². The molecule has 0 bridgehead atoms. The fourth-order valence-electron chi connectivity index (χ4n) is 2.71. The predicted octanol–water partition coefficient (Wildman–Crippen LogP) is 3.27. The van der Waals surface area contributed by atoms with E-state index in [1.165, 1.54) is 17.0 Å². The molecule has 8 heteroatoms. The molecule has 2 rings (SSSR count). The summed E-state index contributed by atoms with van der Waals surface area (Å²) in [7, 11) is 0. The van der Waals surface area contributed by atoms with Gasteiger partial charge in [0.15, 0.2) is 0 Å². The summed E-state index contributed by atoms with van der Waals surface area (Å²) in [6.07, 6.45) is -3.34. The molecule has 2 atom stereocenters. The molecule has 5 nitrogen and oxygen atoms in total. The summed E-state index contributed by atoms with van der Waals surface area (Å²) in [5.41, 5.74) is -0.435. The number of carbonyl (C=O) groups is 2. The molecule has 1 aliphatic rings. The number of halogens is 3. The molecule has 0 saturated carbocycles. The van der Waals surface area contributed by atoms with Gasteiger partial charge in [-0.25, -0.2) is 4.79 Å². The van der Waals surface area contributed by atoms with Crippen LogP contribution in [-0.2, 0) is 11.0 Å². The van der Waals surface area contributed by atoms with Gasteiger partial charge < -0.3 is 15.3 Å². The van der Waals surface area contributed by atoms with Gasteiger partial charge in [0, 0.05) is 13.1 Å². The zero-order valence-corrected chi connectivity index (χ0v) is 13.1. The van der Waals surface area contributed by atoms with E-state index < -0.39 is 35.7 Å². The topological polar surface area (TPSA) is 69.6 Å². The first-order valence-corrected chi connectivity index (χ1v) is 7.64. The quantitative estimate of drug-likeness (QED) is 0.884. The van der Waals surface area contributed by atoms with Crippen LogP contribution in [0.2, 0.25) is 0 Å². The molecule has 1 fully saturated rings. The predicted molar refractivity (Wildman–Crippen MR) is 80.3 cm³/mol. The third-order valence-corrected chi connectivity index (χ3v) is 4.11. The molecule has 1 aromatic carbocycles. The van der Waals surface area contributed by atoms with Gasteiger partial charge in [-0.05, 0) is 37.5 Å². The Labute approximate surface area is 137 Å². The molecule has 2 amide bonds. The van der Waals surface area contributed by atoms with Crippen molar-refractivity contribution in [1.82, 2.24) is 10.2 Å². The number of carbonyl (C=O) groups excluding carboxylic acids is 1. The van der Waals surface area contributed by atoms with Crippen LogP contribution in [-0.4, -0.2) is 35.1 Å². The van der Waals surface area contributed by atoms with E-state index in [4.69, 9.17) is 5.11 Å². The fourth-order valence-corrected chi connectivity index (χ4v) is 2.71. The Morgan fingerprint density at radius 1 is 1.38 bits per heavy atom. The normalized spacial score (nSPS) is 19.7. The number of carboxylic acids is 1. The van der Waals surface area contributed by atoms with Crippen molar-refractivity contribution in [2.75, 3.05) is 13.1 Å². The van der Waals surface area contributed by atoms with Crippen molar-refractivity contribution in [2.24, 2.45) is 5.92 Å². The van der Waals surface area contributed by atoms with Crippen LogP contribution in [0, 0.1) is 5.92 Å². The summed E-state index contributed by atoms with van der Waals surface area (Å²) in [6.45, 7) is 2.13. The van der Waals surface area contributed by atoms with E-state index in [2.05, 4.69) is 5.32 Å². The van der Waals surface area contributed by atoms with E-state index in [1.807, 2.05) is 0 Å². The molecule has 1 aliphatic heterocycles. The standard InChI is InChI=1S/C16H19F3N2O3/c1-10(11-4-2-6-13(8-11)16(17,18)19)20-15(24)21-7-3-5-12(9-21)14(22)23/h2,4,6,8,10,12H,3,5,7,9H2,1H3,(H,20,24)(H,22,23). The highest BCUT2D eigenvalue weighted by molar-refractivity contribution is 5.77. The Hall–Kier alpha value is -2.25. The van der Waals surface area contributed by atoms with Crippen molar-refractivity contribution < 1.29 is 27.9 Å². The largest absolute Gasteiger partial charge is 0.481 e. The highest BCUT2D eigenvalue weighted by Gasteiger charge is 2.31. The molecule has 0 aromatic heterocycles. The molecule has 2 N–H and O–H groups in total. The number of aliphatic carboxylic acids is 1. The Morgan fingerprint density at radius 2 is 2.08 bits per heavy atom. The number of benzene rings is 1. The molecule has 1 heterocycles. The van der Waals surface area contributed by atoms with Crippen LogP contribution >= 0.6 is 0 Å². The fraction of sp³-hybridized carbons (Fsp3) is 0.500. The zero-order valence-electron chi connectivity index (χ0n) is 13.1. The van der Waals surface area contributed by atoms with Gasteiger partial charge in [0.05, 0.1) is 17.5 Å². The van der Waals surface area contributed by atoms with Crippen LogP contribution in [0.4, 0.5) is 18.0 Å². The molecule has 1 aromatic rings. The minimum atomic E-state index is -4.44. The monoisotopic (exact) mass is 344 g/mol. The second-order valence-corrected chi connectivity index (χ2v) is 5.92. The van der Waals surface area contributed by atoms with E-state index in [1.54, 1.807) is 6.92 Å². The molecule has 0 spiro atoms. The zero-order chi connectivity index (χ0) is 17.9. The first-order valence-electron chi connectivity index (χ1n) is 7.64. The van der Waals surface area contributed by atoms with Crippen LogP contribution in [0.5, 0.6) is 0 Å². The number of likely N-dealkylation sites (tertiary alicyclic amines) is 1. The summed E-state index contributed by atoms with van der Waals surface area (Å²) in [5.74, 6) is -1.55. The second kappa shape index (κ2) is 7.11. The van der Waals surface area contributed by atoms with E-state index in [0.717, 1.165) is 12.1 Å². The van der Waals surface area contributed by atoms with Crippen LogP contribution in [0.25, 0.3) is 0 Å². The summed E-state index contributed by atoms with van der Waals surface area (Å²) in [6, 6.07) is 3.69. The maximum atomic E-state index is 12.8. The van der Waals surface area contributed by atoms with Gasteiger partial charge >= 0.3 is 18.2 Å². The lowest BCUT2D eigenvalue weighted by Crippen LogP contribution is -2.47. The number of amides is 2. The van der Waals surface area contributed by atoms with Crippen LogP contribution in [0.15, 0.2) is 24.3 Å². The molecule has 0 radical (unpaired) electrons. The first kappa shape index (κ1) is 18.1. The smallest absolute Gasteiger partial charge is 0.416 e.